The maximum absolute atomic E-state index is 10.5. The monoisotopic (exact) mass is 342 g/mol. The molecular formula is C19H22N2O2S. The Kier molecular flexibility index (Phi) is 5.45. The van der Waals surface area contributed by atoms with Crippen LogP contribution in [0.15, 0.2) is 51.6 Å². The zero-order valence-electron chi connectivity index (χ0n) is 14.0. The minimum atomic E-state index is -0.517. The van der Waals surface area contributed by atoms with Gasteiger partial charge in [-0.3, -0.25) is 4.90 Å². The van der Waals surface area contributed by atoms with Gasteiger partial charge in [-0.2, -0.15) is 11.3 Å². The first-order valence-corrected chi connectivity index (χ1v) is 8.95. The number of nitrogens with zero attached hydrogens (tertiary/aromatic N) is 2. The van der Waals surface area contributed by atoms with E-state index in [1.807, 2.05) is 48.9 Å². The van der Waals surface area contributed by atoms with Gasteiger partial charge >= 0.3 is 0 Å². The highest BCUT2D eigenvalue weighted by atomic mass is 32.1. The van der Waals surface area contributed by atoms with E-state index in [0.717, 1.165) is 23.6 Å². The summed E-state index contributed by atoms with van der Waals surface area (Å²) in [6, 6.07) is 12.2. The van der Waals surface area contributed by atoms with E-state index >= 15 is 0 Å². The summed E-state index contributed by atoms with van der Waals surface area (Å²) in [6.45, 7) is 5.72. The molecule has 1 atom stereocenters. The molecule has 126 valence electrons. The molecule has 1 unspecified atom stereocenters. The molecule has 4 nitrogen and oxygen atoms in total. The number of hydrogen-bond acceptors (Lipinski definition) is 5. The van der Waals surface area contributed by atoms with Crippen molar-refractivity contribution in [1.82, 2.24) is 9.88 Å². The van der Waals surface area contributed by atoms with E-state index in [1.54, 1.807) is 11.3 Å². The van der Waals surface area contributed by atoms with Crippen LogP contribution in [0.25, 0.3) is 0 Å². The highest BCUT2D eigenvalue weighted by molar-refractivity contribution is 7.07. The molecule has 3 rings (SSSR count). The molecule has 3 aromatic rings. The Morgan fingerprint density at radius 3 is 2.58 bits per heavy atom. The van der Waals surface area contributed by atoms with Crippen molar-refractivity contribution < 1.29 is 9.52 Å². The fourth-order valence-electron chi connectivity index (χ4n) is 2.64. The minimum Gasteiger partial charge on any atom is -0.444 e. The molecular weight excluding hydrogens is 320 g/mol. The number of aliphatic hydroxyl groups is 1. The lowest BCUT2D eigenvalue weighted by atomic mass is 10.1. The number of benzene rings is 1. The summed E-state index contributed by atoms with van der Waals surface area (Å²) < 4.78 is 5.72. The lowest BCUT2D eigenvalue weighted by Crippen LogP contribution is -2.28. The van der Waals surface area contributed by atoms with Gasteiger partial charge in [0.2, 0.25) is 5.89 Å². The summed E-state index contributed by atoms with van der Waals surface area (Å²) in [4.78, 5) is 6.64. The predicted octanol–water partition coefficient (Wildman–Crippen LogP) is 4.09. The topological polar surface area (TPSA) is 49.5 Å². The molecule has 24 heavy (non-hydrogen) atoms. The van der Waals surface area contributed by atoms with Crippen LogP contribution in [0.1, 0.15) is 34.6 Å². The molecule has 0 aliphatic carbocycles. The summed E-state index contributed by atoms with van der Waals surface area (Å²) in [6.07, 6.45) is -0.517. The van der Waals surface area contributed by atoms with Crippen LogP contribution in [-0.2, 0) is 13.1 Å². The largest absolute Gasteiger partial charge is 0.444 e. The van der Waals surface area contributed by atoms with Crippen LogP contribution in [0.3, 0.4) is 0 Å². The number of thiophene rings is 1. The van der Waals surface area contributed by atoms with Crippen molar-refractivity contribution in [1.29, 1.82) is 0 Å². The molecule has 0 saturated carbocycles. The van der Waals surface area contributed by atoms with E-state index in [9.17, 15) is 5.11 Å². The normalized spacial score (nSPS) is 12.7. The van der Waals surface area contributed by atoms with Crippen LogP contribution >= 0.6 is 11.3 Å². The second-order valence-electron chi connectivity index (χ2n) is 5.98. The summed E-state index contributed by atoms with van der Waals surface area (Å²) >= 11 is 1.60. The zero-order valence-corrected chi connectivity index (χ0v) is 14.8. The maximum Gasteiger partial charge on any atom is 0.208 e. The number of aliphatic hydroxyl groups excluding tert-OH is 1. The number of aromatic nitrogens is 1. The van der Waals surface area contributed by atoms with Gasteiger partial charge in [0.15, 0.2) is 0 Å². The second-order valence-corrected chi connectivity index (χ2v) is 6.76. The molecule has 0 bridgehead atoms. The Morgan fingerprint density at radius 2 is 1.96 bits per heavy atom. The molecule has 1 N–H and O–H groups in total. The molecule has 0 spiro atoms. The third-order valence-electron chi connectivity index (χ3n) is 4.04. The lowest BCUT2D eigenvalue weighted by molar-refractivity contribution is 0.0994. The fraction of sp³-hybridized carbons (Fsp3) is 0.316. The molecule has 0 radical (unpaired) electrons. The second kappa shape index (κ2) is 7.75. The van der Waals surface area contributed by atoms with Crippen molar-refractivity contribution in [3.63, 3.8) is 0 Å². The predicted molar refractivity (Wildman–Crippen MR) is 95.8 cm³/mol. The summed E-state index contributed by atoms with van der Waals surface area (Å²) in [5.41, 5.74) is 3.08. The molecule has 2 aromatic heterocycles. The SMILES string of the molecule is Cc1nc(CN(Cc2ccccc2)CC(O)c2ccsc2)oc1C. The third-order valence-corrected chi connectivity index (χ3v) is 4.74. The Hall–Kier alpha value is -1.95. The van der Waals surface area contributed by atoms with E-state index in [1.165, 1.54) is 5.56 Å². The first-order valence-electron chi connectivity index (χ1n) is 8.01. The van der Waals surface area contributed by atoms with Crippen molar-refractivity contribution in [2.45, 2.75) is 33.0 Å². The molecule has 0 fully saturated rings. The quantitative estimate of drug-likeness (QED) is 0.703. The molecule has 0 aliphatic heterocycles. The first kappa shape index (κ1) is 16.9. The molecule has 0 aliphatic rings. The fourth-order valence-corrected chi connectivity index (χ4v) is 3.35. The van der Waals surface area contributed by atoms with E-state index in [4.69, 9.17) is 4.42 Å². The van der Waals surface area contributed by atoms with Gasteiger partial charge in [-0.05, 0) is 41.8 Å². The van der Waals surface area contributed by atoms with Crippen molar-refractivity contribution in [2.24, 2.45) is 0 Å². The Morgan fingerprint density at radius 1 is 1.17 bits per heavy atom. The number of aryl methyl sites for hydroxylation is 2. The Labute approximate surface area is 146 Å². The molecule has 1 aromatic carbocycles. The summed E-state index contributed by atoms with van der Waals surface area (Å²) in [5, 5.41) is 14.5. The average Bonchev–Trinajstić information content (AvgIpc) is 3.19. The van der Waals surface area contributed by atoms with Crippen LogP contribution in [-0.4, -0.2) is 21.5 Å². The number of rotatable bonds is 7. The number of oxazole rings is 1. The average molecular weight is 342 g/mol. The molecule has 2 heterocycles. The smallest absolute Gasteiger partial charge is 0.208 e. The summed E-state index contributed by atoms with van der Waals surface area (Å²) in [5.74, 6) is 1.54. The molecule has 0 amide bonds. The lowest BCUT2D eigenvalue weighted by Gasteiger charge is -2.23. The highest BCUT2D eigenvalue weighted by Gasteiger charge is 2.17. The third kappa shape index (κ3) is 4.32. The van der Waals surface area contributed by atoms with E-state index < -0.39 is 6.10 Å². The van der Waals surface area contributed by atoms with Gasteiger partial charge < -0.3 is 9.52 Å². The van der Waals surface area contributed by atoms with Crippen molar-refractivity contribution in [3.05, 3.63) is 75.6 Å². The van der Waals surface area contributed by atoms with Crippen molar-refractivity contribution in [2.75, 3.05) is 6.54 Å². The summed E-state index contributed by atoms with van der Waals surface area (Å²) in [7, 11) is 0. The molecule has 5 heteroatoms. The standard InChI is InChI=1S/C19H22N2O2S/c1-14-15(2)23-19(20-14)12-21(10-16-6-4-3-5-7-16)11-18(22)17-8-9-24-13-17/h3-9,13,18,22H,10-12H2,1-2H3. The van der Waals surface area contributed by atoms with Gasteiger partial charge in [-0.25, -0.2) is 4.98 Å². The van der Waals surface area contributed by atoms with Crippen LogP contribution in [0.2, 0.25) is 0 Å². The zero-order chi connectivity index (χ0) is 16.9. The maximum atomic E-state index is 10.5. The van der Waals surface area contributed by atoms with Gasteiger partial charge in [0.25, 0.3) is 0 Å². The van der Waals surface area contributed by atoms with Gasteiger partial charge in [0.1, 0.15) is 5.76 Å². The van der Waals surface area contributed by atoms with E-state index in [-0.39, 0.29) is 0 Å². The van der Waals surface area contributed by atoms with E-state index in [2.05, 4.69) is 22.0 Å². The Bertz CT molecular complexity index is 734. The first-order chi connectivity index (χ1) is 11.6. The van der Waals surface area contributed by atoms with Gasteiger partial charge in [-0.15, -0.1) is 0 Å². The highest BCUT2D eigenvalue weighted by Crippen LogP contribution is 2.20. The number of hydrogen-bond donors (Lipinski definition) is 1. The Balaban J connectivity index is 1.74. The van der Waals surface area contributed by atoms with Crippen LogP contribution < -0.4 is 0 Å². The van der Waals surface area contributed by atoms with Crippen molar-refractivity contribution in [3.8, 4) is 0 Å². The van der Waals surface area contributed by atoms with Crippen LogP contribution in [0.4, 0.5) is 0 Å². The van der Waals surface area contributed by atoms with E-state index in [0.29, 0.717) is 19.0 Å². The van der Waals surface area contributed by atoms with Gasteiger partial charge in [0, 0.05) is 13.1 Å². The van der Waals surface area contributed by atoms with Crippen molar-refractivity contribution >= 4 is 11.3 Å². The van der Waals surface area contributed by atoms with Gasteiger partial charge in [0.05, 0.1) is 18.3 Å². The van der Waals surface area contributed by atoms with Crippen LogP contribution in [0.5, 0.6) is 0 Å². The molecule has 0 saturated heterocycles. The minimum absolute atomic E-state index is 0.517. The van der Waals surface area contributed by atoms with Crippen LogP contribution in [0, 0.1) is 13.8 Å². The van der Waals surface area contributed by atoms with Gasteiger partial charge in [-0.1, -0.05) is 30.3 Å².